The van der Waals surface area contributed by atoms with Gasteiger partial charge < -0.3 is 14.5 Å². The van der Waals surface area contributed by atoms with Crippen LogP contribution in [0.4, 0.5) is 5.95 Å². The highest BCUT2D eigenvalue weighted by atomic mass is 32.1. The average Bonchev–Trinajstić information content (AvgIpc) is 3.12. The standard InChI is InChI=1S/C20H21N5O2S/c1-13-22-16-3-2-14(10-18(16)28-13)19(26)25-5-4-15-11-21-20(23-17(15)12-25)24-6-8-27-9-7-24/h2-3,10-11H,4-9,12H2,1H3. The zero-order valence-electron chi connectivity index (χ0n) is 15.7. The number of anilines is 1. The SMILES string of the molecule is Cc1nc2ccc(C(=O)N3CCc4cnc(N5CCOCC5)nc4C3)cc2s1. The Morgan fingerprint density at radius 2 is 2.04 bits per heavy atom. The number of hydrogen-bond acceptors (Lipinski definition) is 7. The molecule has 1 amide bonds. The van der Waals surface area contributed by atoms with Crippen molar-refractivity contribution in [2.45, 2.75) is 19.9 Å². The monoisotopic (exact) mass is 395 g/mol. The fourth-order valence-corrected chi connectivity index (χ4v) is 4.60. The number of carbonyl (C=O) groups is 1. The van der Waals surface area contributed by atoms with Crippen molar-refractivity contribution in [1.29, 1.82) is 0 Å². The number of rotatable bonds is 2. The number of amides is 1. The molecule has 0 saturated carbocycles. The summed E-state index contributed by atoms with van der Waals surface area (Å²) in [4.78, 5) is 30.9. The van der Waals surface area contributed by atoms with Crippen LogP contribution in [-0.4, -0.2) is 58.6 Å². The van der Waals surface area contributed by atoms with Crippen molar-refractivity contribution in [3.63, 3.8) is 0 Å². The van der Waals surface area contributed by atoms with Gasteiger partial charge in [-0.25, -0.2) is 15.0 Å². The molecule has 8 heteroatoms. The molecule has 5 rings (SSSR count). The molecule has 0 radical (unpaired) electrons. The zero-order chi connectivity index (χ0) is 19.1. The van der Waals surface area contributed by atoms with Crippen LogP contribution in [-0.2, 0) is 17.7 Å². The number of aromatic nitrogens is 3. The number of nitrogens with zero attached hydrogens (tertiary/aromatic N) is 5. The first kappa shape index (κ1) is 17.5. The van der Waals surface area contributed by atoms with Crippen LogP contribution >= 0.6 is 11.3 Å². The molecule has 0 unspecified atom stereocenters. The minimum absolute atomic E-state index is 0.0464. The highest BCUT2D eigenvalue weighted by Gasteiger charge is 2.25. The van der Waals surface area contributed by atoms with Crippen LogP contribution in [0.2, 0.25) is 0 Å². The maximum absolute atomic E-state index is 13.1. The first-order valence-electron chi connectivity index (χ1n) is 9.51. The molecule has 2 aliphatic heterocycles. The van der Waals surface area contributed by atoms with E-state index in [1.54, 1.807) is 11.3 Å². The average molecular weight is 395 g/mol. The van der Waals surface area contributed by atoms with Crippen molar-refractivity contribution in [2.24, 2.45) is 0 Å². The highest BCUT2D eigenvalue weighted by molar-refractivity contribution is 7.18. The Morgan fingerprint density at radius 3 is 2.89 bits per heavy atom. The Kier molecular flexibility index (Phi) is 4.44. The Hall–Kier alpha value is -2.58. The van der Waals surface area contributed by atoms with Crippen LogP contribution in [0.15, 0.2) is 24.4 Å². The third-order valence-electron chi connectivity index (χ3n) is 5.26. The van der Waals surface area contributed by atoms with Gasteiger partial charge in [-0.1, -0.05) is 0 Å². The summed E-state index contributed by atoms with van der Waals surface area (Å²) in [7, 11) is 0. The predicted octanol–water partition coefficient (Wildman–Crippen LogP) is 2.43. The normalized spacial score (nSPS) is 17.0. The van der Waals surface area contributed by atoms with E-state index in [2.05, 4.69) is 14.9 Å². The van der Waals surface area contributed by atoms with Crippen LogP contribution < -0.4 is 4.90 Å². The van der Waals surface area contributed by atoms with E-state index >= 15 is 0 Å². The first-order valence-corrected chi connectivity index (χ1v) is 10.3. The van der Waals surface area contributed by atoms with E-state index in [1.807, 2.05) is 36.2 Å². The number of aryl methyl sites for hydroxylation is 1. The zero-order valence-corrected chi connectivity index (χ0v) is 16.5. The van der Waals surface area contributed by atoms with Crippen molar-refractivity contribution in [3.05, 3.63) is 46.2 Å². The molecule has 144 valence electrons. The minimum atomic E-state index is 0.0464. The fourth-order valence-electron chi connectivity index (χ4n) is 3.74. The summed E-state index contributed by atoms with van der Waals surface area (Å²) in [6.45, 7) is 6.19. The van der Waals surface area contributed by atoms with E-state index in [0.717, 1.165) is 51.9 Å². The molecule has 28 heavy (non-hydrogen) atoms. The van der Waals surface area contributed by atoms with Gasteiger partial charge in [-0.05, 0) is 37.1 Å². The number of carbonyl (C=O) groups excluding carboxylic acids is 1. The lowest BCUT2D eigenvalue weighted by Gasteiger charge is -2.30. The molecule has 2 aromatic heterocycles. The summed E-state index contributed by atoms with van der Waals surface area (Å²) in [5.41, 5.74) is 3.74. The van der Waals surface area contributed by atoms with Gasteiger partial charge in [0.05, 0.1) is 40.7 Å². The molecule has 1 saturated heterocycles. The van der Waals surface area contributed by atoms with Gasteiger partial charge in [-0.2, -0.15) is 0 Å². The quantitative estimate of drug-likeness (QED) is 0.664. The summed E-state index contributed by atoms with van der Waals surface area (Å²) >= 11 is 1.62. The predicted molar refractivity (Wildman–Crippen MR) is 108 cm³/mol. The molecule has 0 N–H and O–H groups in total. The Bertz CT molecular complexity index is 1040. The van der Waals surface area contributed by atoms with E-state index in [1.165, 1.54) is 0 Å². The molecular weight excluding hydrogens is 374 g/mol. The Morgan fingerprint density at radius 1 is 1.18 bits per heavy atom. The van der Waals surface area contributed by atoms with Crippen LogP contribution in [0.5, 0.6) is 0 Å². The van der Waals surface area contributed by atoms with Crippen molar-refractivity contribution in [1.82, 2.24) is 19.9 Å². The van der Waals surface area contributed by atoms with Gasteiger partial charge in [0.1, 0.15) is 0 Å². The summed E-state index contributed by atoms with van der Waals surface area (Å²) < 4.78 is 6.46. The van der Waals surface area contributed by atoms with Crippen LogP contribution in [0.25, 0.3) is 10.2 Å². The molecule has 7 nitrogen and oxygen atoms in total. The lowest BCUT2D eigenvalue weighted by atomic mass is 10.1. The van der Waals surface area contributed by atoms with E-state index in [0.29, 0.717) is 31.9 Å². The molecule has 1 fully saturated rings. The van der Waals surface area contributed by atoms with Gasteiger partial charge in [-0.3, -0.25) is 4.79 Å². The van der Waals surface area contributed by atoms with Gasteiger partial charge >= 0.3 is 0 Å². The summed E-state index contributed by atoms with van der Waals surface area (Å²) in [5.74, 6) is 0.781. The van der Waals surface area contributed by atoms with E-state index < -0.39 is 0 Å². The number of benzene rings is 1. The summed E-state index contributed by atoms with van der Waals surface area (Å²) in [6, 6.07) is 5.76. The van der Waals surface area contributed by atoms with E-state index in [9.17, 15) is 4.79 Å². The highest BCUT2D eigenvalue weighted by Crippen LogP contribution is 2.25. The van der Waals surface area contributed by atoms with E-state index in [-0.39, 0.29) is 5.91 Å². The number of hydrogen-bond donors (Lipinski definition) is 0. The topological polar surface area (TPSA) is 71.5 Å². The largest absolute Gasteiger partial charge is 0.378 e. The lowest BCUT2D eigenvalue weighted by Crippen LogP contribution is -2.39. The third-order valence-corrected chi connectivity index (χ3v) is 6.19. The van der Waals surface area contributed by atoms with E-state index in [4.69, 9.17) is 9.72 Å². The van der Waals surface area contributed by atoms with Crippen LogP contribution in [0, 0.1) is 6.92 Å². The van der Waals surface area contributed by atoms with Crippen molar-refractivity contribution >= 4 is 33.4 Å². The second-order valence-corrected chi connectivity index (χ2v) is 8.37. The molecule has 0 spiro atoms. The molecule has 0 atom stereocenters. The van der Waals surface area contributed by atoms with Crippen molar-refractivity contribution < 1.29 is 9.53 Å². The second-order valence-electron chi connectivity index (χ2n) is 7.13. The smallest absolute Gasteiger partial charge is 0.254 e. The molecule has 3 aromatic rings. The molecular formula is C20H21N5O2S. The van der Waals surface area contributed by atoms with Gasteiger partial charge in [0.15, 0.2) is 0 Å². The fraction of sp³-hybridized carbons (Fsp3) is 0.400. The molecule has 1 aromatic carbocycles. The molecule has 2 aliphatic rings. The van der Waals surface area contributed by atoms with Crippen molar-refractivity contribution in [2.75, 3.05) is 37.7 Å². The minimum Gasteiger partial charge on any atom is -0.378 e. The van der Waals surface area contributed by atoms with Crippen LogP contribution in [0.1, 0.15) is 26.6 Å². The molecule has 4 heterocycles. The Balaban J connectivity index is 1.38. The summed E-state index contributed by atoms with van der Waals surface area (Å²) in [6.07, 6.45) is 2.70. The number of ether oxygens (including phenoxy) is 1. The van der Waals surface area contributed by atoms with Gasteiger partial charge in [-0.15, -0.1) is 11.3 Å². The van der Waals surface area contributed by atoms with Gasteiger partial charge in [0.25, 0.3) is 5.91 Å². The number of morpholine rings is 1. The Labute approximate surface area is 167 Å². The second kappa shape index (κ2) is 7.10. The van der Waals surface area contributed by atoms with Crippen LogP contribution in [0.3, 0.4) is 0 Å². The van der Waals surface area contributed by atoms with Crippen molar-refractivity contribution in [3.8, 4) is 0 Å². The van der Waals surface area contributed by atoms with Gasteiger partial charge in [0.2, 0.25) is 5.95 Å². The van der Waals surface area contributed by atoms with Gasteiger partial charge in [0, 0.05) is 31.4 Å². The maximum Gasteiger partial charge on any atom is 0.254 e. The third kappa shape index (κ3) is 3.22. The lowest BCUT2D eigenvalue weighted by molar-refractivity contribution is 0.0732. The molecule has 0 bridgehead atoms. The number of thiazole rings is 1. The number of fused-ring (bicyclic) bond motifs is 2. The maximum atomic E-state index is 13.1. The first-order chi connectivity index (χ1) is 13.7. The summed E-state index contributed by atoms with van der Waals surface area (Å²) in [5, 5.41) is 1.01. The molecule has 0 aliphatic carbocycles.